The zero-order valence-corrected chi connectivity index (χ0v) is 45.0. The summed E-state index contributed by atoms with van der Waals surface area (Å²) in [5.41, 5.74) is 0. The Morgan fingerprint density at radius 1 is 0.304 bits per heavy atom. The van der Waals surface area contributed by atoms with E-state index in [9.17, 15) is 14.4 Å². The van der Waals surface area contributed by atoms with E-state index < -0.39 is 6.10 Å². The van der Waals surface area contributed by atoms with Crippen LogP contribution in [-0.2, 0) is 28.6 Å². The number of hydrogen-bond donors (Lipinski definition) is 0. The zero-order valence-electron chi connectivity index (χ0n) is 45.0. The van der Waals surface area contributed by atoms with E-state index in [2.05, 4.69) is 118 Å². The third kappa shape index (κ3) is 55.1. The fourth-order valence-corrected chi connectivity index (χ4v) is 7.84. The zero-order chi connectivity index (χ0) is 50.0. The lowest BCUT2D eigenvalue weighted by atomic mass is 10.0. The lowest BCUT2D eigenvalue weighted by Gasteiger charge is -2.18. The maximum atomic E-state index is 12.9. The van der Waals surface area contributed by atoms with Crippen LogP contribution in [0.2, 0.25) is 0 Å². The largest absolute Gasteiger partial charge is 0.462 e. The van der Waals surface area contributed by atoms with Gasteiger partial charge in [-0.2, -0.15) is 0 Å². The maximum absolute atomic E-state index is 12.9. The Hall–Kier alpha value is -3.67. The molecule has 0 unspecified atom stereocenters. The van der Waals surface area contributed by atoms with Gasteiger partial charge in [0.2, 0.25) is 0 Å². The highest BCUT2D eigenvalue weighted by Gasteiger charge is 2.19. The molecule has 0 aliphatic carbocycles. The summed E-state index contributed by atoms with van der Waals surface area (Å²) in [5, 5.41) is 0. The lowest BCUT2D eigenvalue weighted by Crippen LogP contribution is -2.30. The van der Waals surface area contributed by atoms with Crippen LogP contribution in [0.15, 0.2) is 97.2 Å². The first-order valence-corrected chi connectivity index (χ1v) is 28.7. The Morgan fingerprint density at radius 3 is 0.899 bits per heavy atom. The SMILES string of the molecule is CC/C=C\C/C=C\C/C=C\C/C=C\C/C=C\CCCCCC(=O)OC[C@H](COC(=O)CCCCCCC/C=C\C/C=C\C/C=C\CC)OC(=O)CCCCCCCCCCCCCCCCCCC. The van der Waals surface area contributed by atoms with Crippen molar-refractivity contribution in [2.75, 3.05) is 13.2 Å². The molecule has 0 aliphatic rings. The molecular weight excluding hydrogens is 853 g/mol. The van der Waals surface area contributed by atoms with Crippen molar-refractivity contribution in [3.8, 4) is 0 Å². The first-order chi connectivity index (χ1) is 34.0. The molecule has 0 N–H and O–H groups in total. The number of ether oxygens (including phenoxy) is 3. The minimum absolute atomic E-state index is 0.0961. The highest BCUT2D eigenvalue weighted by atomic mass is 16.6. The van der Waals surface area contributed by atoms with E-state index in [-0.39, 0.29) is 31.1 Å². The average Bonchev–Trinajstić information content (AvgIpc) is 3.35. The van der Waals surface area contributed by atoms with E-state index in [1.165, 1.54) is 89.9 Å². The summed E-state index contributed by atoms with van der Waals surface area (Å²) in [5.74, 6) is -0.938. The van der Waals surface area contributed by atoms with Crippen LogP contribution in [0, 0.1) is 0 Å². The molecule has 0 aromatic carbocycles. The second-order valence-electron chi connectivity index (χ2n) is 18.8. The Kier molecular flexibility index (Phi) is 53.9. The number of carbonyl (C=O) groups excluding carboxylic acids is 3. The van der Waals surface area contributed by atoms with Gasteiger partial charge in [-0.05, 0) is 96.3 Å². The van der Waals surface area contributed by atoms with Crippen molar-refractivity contribution in [3.05, 3.63) is 97.2 Å². The van der Waals surface area contributed by atoms with Gasteiger partial charge in [-0.25, -0.2) is 0 Å². The Balaban J connectivity index is 4.46. The van der Waals surface area contributed by atoms with E-state index in [1.807, 2.05) is 0 Å². The standard InChI is InChI=1S/C63H106O6/c1-4-7-10-13-16-19-22-25-28-30-31-33-35-38-41-44-47-50-53-56-62(65)68-59-60(58-67-61(64)55-52-49-46-43-40-37-34-27-24-21-18-15-12-9-6-3)69-63(66)57-54-51-48-45-42-39-36-32-29-26-23-20-17-14-11-8-5-2/h7,9-10,12,16,18-19,21,25,27-28,31,33-34,38,41,60H,4-6,8,11,13-15,17,20,22-24,26,29-30,32,35-37,39-40,42-59H2,1-3H3/b10-7-,12-9-,19-16-,21-18-,28-25-,33-31-,34-27-,41-38-/t60-/m0/s1. The highest BCUT2D eigenvalue weighted by molar-refractivity contribution is 5.71. The minimum Gasteiger partial charge on any atom is -0.462 e. The fourth-order valence-electron chi connectivity index (χ4n) is 7.84. The van der Waals surface area contributed by atoms with Gasteiger partial charge in [-0.15, -0.1) is 0 Å². The van der Waals surface area contributed by atoms with E-state index in [0.717, 1.165) is 135 Å². The van der Waals surface area contributed by atoms with Crippen molar-refractivity contribution in [2.24, 2.45) is 0 Å². The first kappa shape index (κ1) is 65.3. The molecule has 394 valence electrons. The fraction of sp³-hybridized carbons (Fsp3) is 0.698. The third-order valence-corrected chi connectivity index (χ3v) is 12.1. The monoisotopic (exact) mass is 959 g/mol. The molecule has 0 bridgehead atoms. The van der Waals surface area contributed by atoms with Gasteiger partial charge in [-0.1, -0.05) is 246 Å². The molecule has 0 aliphatic heterocycles. The molecule has 0 aromatic heterocycles. The predicted octanol–water partition coefficient (Wildman–Crippen LogP) is 19.3. The van der Waals surface area contributed by atoms with Gasteiger partial charge in [-0.3, -0.25) is 14.4 Å². The number of carbonyl (C=O) groups is 3. The Bertz CT molecular complexity index is 1380. The van der Waals surface area contributed by atoms with E-state index >= 15 is 0 Å². The molecule has 6 nitrogen and oxygen atoms in total. The molecule has 0 aromatic rings. The summed E-state index contributed by atoms with van der Waals surface area (Å²) in [6.07, 6.45) is 75.4. The van der Waals surface area contributed by atoms with Gasteiger partial charge < -0.3 is 14.2 Å². The summed E-state index contributed by atoms with van der Waals surface area (Å²) in [6.45, 7) is 6.39. The second kappa shape index (κ2) is 56.9. The first-order valence-electron chi connectivity index (χ1n) is 28.7. The van der Waals surface area contributed by atoms with Crippen LogP contribution in [0.4, 0.5) is 0 Å². The number of rotatable bonds is 51. The van der Waals surface area contributed by atoms with Crippen molar-refractivity contribution in [3.63, 3.8) is 0 Å². The quantitative estimate of drug-likeness (QED) is 0.0262. The van der Waals surface area contributed by atoms with Crippen LogP contribution >= 0.6 is 0 Å². The topological polar surface area (TPSA) is 78.9 Å². The number of unbranched alkanes of at least 4 members (excludes halogenated alkanes) is 24. The van der Waals surface area contributed by atoms with Crippen molar-refractivity contribution in [1.82, 2.24) is 0 Å². The molecule has 0 spiro atoms. The van der Waals surface area contributed by atoms with E-state index in [4.69, 9.17) is 14.2 Å². The smallest absolute Gasteiger partial charge is 0.306 e. The summed E-state index contributed by atoms with van der Waals surface area (Å²) in [7, 11) is 0. The second-order valence-corrected chi connectivity index (χ2v) is 18.8. The van der Waals surface area contributed by atoms with Crippen molar-refractivity contribution in [2.45, 2.75) is 271 Å². The van der Waals surface area contributed by atoms with Crippen molar-refractivity contribution < 1.29 is 28.6 Å². The van der Waals surface area contributed by atoms with E-state index in [0.29, 0.717) is 19.3 Å². The molecule has 0 saturated carbocycles. The van der Waals surface area contributed by atoms with Gasteiger partial charge in [0.15, 0.2) is 6.10 Å². The minimum atomic E-state index is -0.798. The third-order valence-electron chi connectivity index (χ3n) is 12.1. The summed E-state index contributed by atoms with van der Waals surface area (Å²) in [6, 6.07) is 0. The van der Waals surface area contributed by atoms with Crippen LogP contribution in [-0.4, -0.2) is 37.2 Å². The average molecular weight is 960 g/mol. The Morgan fingerprint density at radius 2 is 0.565 bits per heavy atom. The number of esters is 3. The molecule has 0 amide bonds. The van der Waals surface area contributed by atoms with E-state index in [1.54, 1.807) is 0 Å². The summed E-state index contributed by atoms with van der Waals surface area (Å²) in [4.78, 5) is 38.2. The van der Waals surface area contributed by atoms with Crippen LogP contribution in [0.25, 0.3) is 0 Å². The van der Waals surface area contributed by atoms with Crippen LogP contribution in [0.1, 0.15) is 265 Å². The molecule has 1 atom stereocenters. The van der Waals surface area contributed by atoms with Crippen molar-refractivity contribution >= 4 is 17.9 Å². The van der Waals surface area contributed by atoms with Gasteiger partial charge >= 0.3 is 17.9 Å². The molecule has 0 fully saturated rings. The maximum Gasteiger partial charge on any atom is 0.306 e. The molecular formula is C63H106O6. The molecule has 0 rings (SSSR count). The van der Waals surface area contributed by atoms with Gasteiger partial charge in [0.25, 0.3) is 0 Å². The predicted molar refractivity (Wildman–Crippen MR) is 297 cm³/mol. The number of hydrogen-bond acceptors (Lipinski definition) is 6. The molecule has 69 heavy (non-hydrogen) atoms. The lowest BCUT2D eigenvalue weighted by molar-refractivity contribution is -0.167. The van der Waals surface area contributed by atoms with Gasteiger partial charge in [0.05, 0.1) is 0 Å². The van der Waals surface area contributed by atoms with Crippen LogP contribution in [0.3, 0.4) is 0 Å². The molecule has 6 heteroatoms. The van der Waals surface area contributed by atoms with Crippen LogP contribution < -0.4 is 0 Å². The summed E-state index contributed by atoms with van der Waals surface area (Å²) < 4.78 is 16.8. The van der Waals surface area contributed by atoms with Gasteiger partial charge in [0, 0.05) is 19.3 Å². The van der Waals surface area contributed by atoms with Crippen LogP contribution in [0.5, 0.6) is 0 Å². The molecule has 0 heterocycles. The van der Waals surface area contributed by atoms with Crippen molar-refractivity contribution in [1.29, 1.82) is 0 Å². The molecule has 0 saturated heterocycles. The number of allylic oxidation sites excluding steroid dienone is 16. The Labute approximate surface area is 426 Å². The summed E-state index contributed by atoms with van der Waals surface area (Å²) >= 11 is 0. The molecule has 0 radical (unpaired) electrons. The normalized spacial score (nSPS) is 12.8. The highest BCUT2D eigenvalue weighted by Crippen LogP contribution is 2.16. The van der Waals surface area contributed by atoms with Gasteiger partial charge in [0.1, 0.15) is 13.2 Å².